The van der Waals surface area contributed by atoms with E-state index in [2.05, 4.69) is 15.9 Å². The molecule has 0 fully saturated rings. The largest absolute Gasteiger partial charge is 0.504 e. The second-order valence-electron chi connectivity index (χ2n) is 7.59. The van der Waals surface area contributed by atoms with E-state index in [1.165, 1.54) is 6.08 Å². The number of phenols is 1. The van der Waals surface area contributed by atoms with Gasteiger partial charge in [0.25, 0.3) is 0 Å². The van der Waals surface area contributed by atoms with Crippen molar-refractivity contribution in [2.24, 2.45) is 0 Å². The topological polar surface area (TPSA) is 55.8 Å². The first-order chi connectivity index (χ1) is 16.6. The van der Waals surface area contributed by atoms with Crippen LogP contribution in [0.15, 0.2) is 108 Å². The highest BCUT2D eigenvalue weighted by Crippen LogP contribution is 2.40. The van der Waals surface area contributed by atoms with Gasteiger partial charge in [0.1, 0.15) is 13.2 Å². The number of halogens is 1. The van der Waals surface area contributed by atoms with Gasteiger partial charge in [0.15, 0.2) is 17.3 Å². The van der Waals surface area contributed by atoms with Crippen molar-refractivity contribution in [2.75, 3.05) is 0 Å². The van der Waals surface area contributed by atoms with Crippen LogP contribution in [0, 0.1) is 0 Å². The highest BCUT2D eigenvalue weighted by Gasteiger charge is 2.19. The monoisotopic (exact) mass is 514 g/mol. The van der Waals surface area contributed by atoms with Crippen LogP contribution in [0.25, 0.3) is 6.08 Å². The Hall–Kier alpha value is -3.83. The molecule has 4 rings (SSSR count). The lowest BCUT2D eigenvalue weighted by atomic mass is 10.1. The van der Waals surface area contributed by atoms with Gasteiger partial charge in [0.2, 0.25) is 5.75 Å². The standard InChI is InChI=1S/C29H23BrO4/c30-24-14-11-21(12-15-24)13-17-26(31)25-16-18-27(33-19-22-7-3-1-4-8-22)29(28(25)32)34-20-23-9-5-2-6-10-23/h1-18,32H,19-20H2. The Morgan fingerprint density at radius 2 is 1.35 bits per heavy atom. The van der Waals surface area contributed by atoms with Gasteiger partial charge in [-0.1, -0.05) is 94.8 Å². The summed E-state index contributed by atoms with van der Waals surface area (Å²) in [7, 11) is 0. The molecule has 5 heteroatoms. The van der Waals surface area contributed by atoms with Gasteiger partial charge in [0, 0.05) is 4.47 Å². The highest BCUT2D eigenvalue weighted by atomic mass is 79.9. The lowest BCUT2D eigenvalue weighted by Crippen LogP contribution is -2.04. The fraction of sp³-hybridized carbons (Fsp3) is 0.0690. The summed E-state index contributed by atoms with van der Waals surface area (Å²) in [6.07, 6.45) is 3.14. The summed E-state index contributed by atoms with van der Waals surface area (Å²) in [5, 5.41) is 11.0. The van der Waals surface area contributed by atoms with Gasteiger partial charge in [-0.25, -0.2) is 0 Å². The smallest absolute Gasteiger partial charge is 0.204 e. The van der Waals surface area contributed by atoms with E-state index in [0.29, 0.717) is 12.4 Å². The Balaban J connectivity index is 1.59. The van der Waals surface area contributed by atoms with E-state index in [4.69, 9.17) is 9.47 Å². The lowest BCUT2D eigenvalue weighted by Gasteiger charge is -2.16. The zero-order chi connectivity index (χ0) is 23.8. The molecule has 4 aromatic rings. The van der Waals surface area contributed by atoms with Crippen LogP contribution in [0.2, 0.25) is 0 Å². The molecular formula is C29H23BrO4. The van der Waals surface area contributed by atoms with Crippen molar-refractivity contribution in [3.05, 3.63) is 130 Å². The van der Waals surface area contributed by atoms with Gasteiger partial charge in [-0.3, -0.25) is 4.79 Å². The van der Waals surface area contributed by atoms with Crippen molar-refractivity contribution >= 4 is 27.8 Å². The van der Waals surface area contributed by atoms with E-state index in [0.717, 1.165) is 21.2 Å². The zero-order valence-electron chi connectivity index (χ0n) is 18.4. The van der Waals surface area contributed by atoms with Crippen molar-refractivity contribution in [2.45, 2.75) is 13.2 Å². The molecule has 0 aromatic heterocycles. The maximum Gasteiger partial charge on any atom is 0.204 e. The molecule has 0 spiro atoms. The first-order valence-electron chi connectivity index (χ1n) is 10.8. The first kappa shape index (κ1) is 23.3. The molecule has 0 aliphatic heterocycles. The molecule has 0 amide bonds. The predicted octanol–water partition coefficient (Wildman–Crippen LogP) is 7.21. The molecule has 0 unspecified atom stereocenters. The van der Waals surface area contributed by atoms with Crippen LogP contribution >= 0.6 is 15.9 Å². The van der Waals surface area contributed by atoms with Crippen LogP contribution in [0.4, 0.5) is 0 Å². The number of benzene rings is 4. The average Bonchev–Trinajstić information content (AvgIpc) is 2.87. The summed E-state index contributed by atoms with van der Waals surface area (Å²) >= 11 is 3.40. The van der Waals surface area contributed by atoms with Crippen LogP contribution < -0.4 is 9.47 Å². The van der Waals surface area contributed by atoms with Crippen LogP contribution in [-0.4, -0.2) is 10.9 Å². The SMILES string of the molecule is O=C(C=Cc1ccc(Br)cc1)c1ccc(OCc2ccccc2)c(OCc2ccccc2)c1O. The molecule has 4 aromatic carbocycles. The minimum absolute atomic E-state index is 0.141. The van der Waals surface area contributed by atoms with E-state index >= 15 is 0 Å². The number of hydrogen-bond acceptors (Lipinski definition) is 4. The maximum atomic E-state index is 12.9. The summed E-state index contributed by atoms with van der Waals surface area (Å²) < 4.78 is 12.9. The molecule has 0 aliphatic carbocycles. The maximum absolute atomic E-state index is 12.9. The minimum atomic E-state index is -0.334. The van der Waals surface area contributed by atoms with E-state index in [9.17, 15) is 9.90 Å². The number of aromatic hydroxyl groups is 1. The Morgan fingerprint density at radius 3 is 1.97 bits per heavy atom. The number of allylic oxidation sites excluding steroid dienone is 1. The molecule has 0 saturated heterocycles. The molecule has 0 heterocycles. The molecule has 0 aliphatic rings. The number of ketones is 1. The third kappa shape index (κ3) is 6.15. The van der Waals surface area contributed by atoms with E-state index in [-0.39, 0.29) is 29.5 Å². The fourth-order valence-electron chi connectivity index (χ4n) is 3.31. The molecule has 0 saturated carbocycles. The van der Waals surface area contributed by atoms with Crippen LogP contribution in [0.1, 0.15) is 27.0 Å². The van der Waals surface area contributed by atoms with Crippen molar-refractivity contribution in [1.82, 2.24) is 0 Å². The summed E-state index contributed by atoms with van der Waals surface area (Å²) in [5.41, 5.74) is 2.93. The third-order valence-electron chi connectivity index (χ3n) is 5.12. The van der Waals surface area contributed by atoms with E-state index in [1.54, 1.807) is 18.2 Å². The van der Waals surface area contributed by atoms with Crippen molar-refractivity contribution in [3.63, 3.8) is 0 Å². The molecule has 0 radical (unpaired) electrons. The minimum Gasteiger partial charge on any atom is -0.504 e. The van der Waals surface area contributed by atoms with Crippen molar-refractivity contribution < 1.29 is 19.4 Å². The number of carbonyl (C=O) groups is 1. The van der Waals surface area contributed by atoms with E-state index < -0.39 is 0 Å². The fourth-order valence-corrected chi connectivity index (χ4v) is 3.57. The Morgan fingerprint density at radius 1 is 0.765 bits per heavy atom. The molecule has 34 heavy (non-hydrogen) atoms. The van der Waals surface area contributed by atoms with Gasteiger partial charge in [0.05, 0.1) is 5.56 Å². The van der Waals surface area contributed by atoms with Crippen LogP contribution in [0.5, 0.6) is 17.2 Å². The molecule has 1 N–H and O–H groups in total. The molecule has 0 atom stereocenters. The normalized spacial score (nSPS) is 10.9. The van der Waals surface area contributed by atoms with Gasteiger partial charge in [-0.05, 0) is 47.0 Å². The number of rotatable bonds is 9. The summed E-state index contributed by atoms with van der Waals surface area (Å²) in [5.74, 6) is -0.0695. The van der Waals surface area contributed by atoms with Gasteiger partial charge in [-0.2, -0.15) is 0 Å². The highest BCUT2D eigenvalue weighted by molar-refractivity contribution is 9.10. The van der Waals surface area contributed by atoms with Crippen molar-refractivity contribution in [1.29, 1.82) is 0 Å². The van der Waals surface area contributed by atoms with Gasteiger partial charge < -0.3 is 14.6 Å². The molecule has 4 nitrogen and oxygen atoms in total. The van der Waals surface area contributed by atoms with Crippen molar-refractivity contribution in [3.8, 4) is 17.2 Å². The number of ether oxygens (including phenoxy) is 2. The Labute approximate surface area is 207 Å². The Bertz CT molecular complexity index is 1270. The number of carbonyl (C=O) groups excluding carboxylic acids is 1. The first-order valence-corrected chi connectivity index (χ1v) is 11.6. The molecule has 0 bridgehead atoms. The number of phenolic OH excluding ortho intramolecular Hbond substituents is 1. The summed E-state index contributed by atoms with van der Waals surface area (Å²) in [4.78, 5) is 12.9. The molecular weight excluding hydrogens is 492 g/mol. The summed E-state index contributed by atoms with van der Waals surface area (Å²) in [6, 6.07) is 30.1. The third-order valence-corrected chi connectivity index (χ3v) is 5.65. The second-order valence-corrected chi connectivity index (χ2v) is 8.50. The summed E-state index contributed by atoms with van der Waals surface area (Å²) in [6.45, 7) is 0.529. The van der Waals surface area contributed by atoms with Gasteiger partial charge in [-0.15, -0.1) is 0 Å². The van der Waals surface area contributed by atoms with Crippen LogP contribution in [-0.2, 0) is 13.2 Å². The van der Waals surface area contributed by atoms with E-state index in [1.807, 2.05) is 84.9 Å². The molecule has 170 valence electrons. The second kappa shape index (κ2) is 11.3. The number of hydrogen-bond donors (Lipinski definition) is 1. The zero-order valence-corrected chi connectivity index (χ0v) is 19.9. The van der Waals surface area contributed by atoms with Crippen LogP contribution in [0.3, 0.4) is 0 Å². The average molecular weight is 515 g/mol. The predicted molar refractivity (Wildman–Crippen MR) is 137 cm³/mol. The van der Waals surface area contributed by atoms with Gasteiger partial charge >= 0.3 is 0 Å². The Kier molecular flexibility index (Phi) is 7.79. The quantitative estimate of drug-likeness (QED) is 0.189. The lowest BCUT2D eigenvalue weighted by molar-refractivity contribution is 0.104.